The number of rotatable bonds is 5. The Bertz CT molecular complexity index is 735. The smallest absolute Gasteiger partial charge is 0.124 e. The van der Waals surface area contributed by atoms with E-state index >= 15 is 0 Å². The highest BCUT2D eigenvalue weighted by molar-refractivity contribution is 5.42. The maximum atomic E-state index is 6.30. The zero-order valence-electron chi connectivity index (χ0n) is 16.5. The lowest BCUT2D eigenvalue weighted by Crippen LogP contribution is -2.39. The van der Waals surface area contributed by atoms with E-state index in [4.69, 9.17) is 9.47 Å². The number of hydrogen-bond acceptors (Lipinski definition) is 3. The quantitative estimate of drug-likeness (QED) is 0.765. The SMILES string of the molecule is CC(C)NC1CCC(Oc2ccc3c(c2)CCC(c2ccccc2)O3)CC1. The predicted octanol–water partition coefficient (Wildman–Crippen LogP) is 5.44. The Hall–Kier alpha value is -2.00. The summed E-state index contributed by atoms with van der Waals surface area (Å²) in [5.41, 5.74) is 2.53. The summed E-state index contributed by atoms with van der Waals surface area (Å²) >= 11 is 0. The van der Waals surface area contributed by atoms with Gasteiger partial charge in [0.05, 0.1) is 6.10 Å². The molecule has 2 aliphatic rings. The van der Waals surface area contributed by atoms with Crippen molar-refractivity contribution in [1.82, 2.24) is 5.32 Å². The second kappa shape index (κ2) is 8.35. The second-order valence-electron chi connectivity index (χ2n) is 8.24. The Balaban J connectivity index is 1.34. The molecule has 1 unspecified atom stereocenters. The van der Waals surface area contributed by atoms with Crippen LogP contribution in [0.1, 0.15) is 63.2 Å². The predicted molar refractivity (Wildman–Crippen MR) is 110 cm³/mol. The molecule has 0 saturated heterocycles. The van der Waals surface area contributed by atoms with Gasteiger partial charge < -0.3 is 14.8 Å². The zero-order valence-corrected chi connectivity index (χ0v) is 16.5. The lowest BCUT2D eigenvalue weighted by Gasteiger charge is -2.31. The molecule has 1 saturated carbocycles. The molecule has 4 rings (SSSR count). The molecule has 1 aliphatic heterocycles. The number of aryl methyl sites for hydroxylation is 1. The highest BCUT2D eigenvalue weighted by atomic mass is 16.5. The number of fused-ring (bicyclic) bond motifs is 1. The van der Waals surface area contributed by atoms with Crippen LogP contribution in [0.4, 0.5) is 0 Å². The molecule has 1 aliphatic carbocycles. The van der Waals surface area contributed by atoms with Crippen LogP contribution >= 0.6 is 0 Å². The van der Waals surface area contributed by atoms with Crippen LogP contribution < -0.4 is 14.8 Å². The summed E-state index contributed by atoms with van der Waals surface area (Å²) in [4.78, 5) is 0. The maximum absolute atomic E-state index is 6.30. The largest absolute Gasteiger partial charge is 0.490 e. The molecule has 2 aromatic carbocycles. The average Bonchev–Trinajstić information content (AvgIpc) is 2.69. The van der Waals surface area contributed by atoms with Crippen LogP contribution in [-0.2, 0) is 6.42 Å². The number of ether oxygens (including phenoxy) is 2. The van der Waals surface area contributed by atoms with E-state index in [-0.39, 0.29) is 6.10 Å². The van der Waals surface area contributed by atoms with E-state index in [1.807, 2.05) is 0 Å². The van der Waals surface area contributed by atoms with Gasteiger partial charge in [-0.1, -0.05) is 44.2 Å². The van der Waals surface area contributed by atoms with Gasteiger partial charge in [0.15, 0.2) is 0 Å². The minimum atomic E-state index is 0.161. The fourth-order valence-electron chi connectivity index (χ4n) is 4.35. The van der Waals surface area contributed by atoms with E-state index < -0.39 is 0 Å². The van der Waals surface area contributed by atoms with Crippen molar-refractivity contribution in [3.8, 4) is 11.5 Å². The molecule has 0 amide bonds. The maximum Gasteiger partial charge on any atom is 0.124 e. The van der Waals surface area contributed by atoms with E-state index in [9.17, 15) is 0 Å². The highest BCUT2D eigenvalue weighted by Crippen LogP contribution is 2.37. The van der Waals surface area contributed by atoms with Crippen molar-refractivity contribution in [3.05, 3.63) is 59.7 Å². The number of hydrogen-bond donors (Lipinski definition) is 1. The molecular weight excluding hydrogens is 334 g/mol. The monoisotopic (exact) mass is 365 g/mol. The highest BCUT2D eigenvalue weighted by Gasteiger charge is 2.24. The normalized spacial score (nSPS) is 24.9. The van der Waals surface area contributed by atoms with Gasteiger partial charge in [-0.2, -0.15) is 0 Å². The van der Waals surface area contributed by atoms with E-state index in [0.29, 0.717) is 18.2 Å². The minimum Gasteiger partial charge on any atom is -0.490 e. The number of nitrogens with one attached hydrogen (secondary N) is 1. The molecule has 1 heterocycles. The topological polar surface area (TPSA) is 30.5 Å². The van der Waals surface area contributed by atoms with E-state index in [1.165, 1.54) is 24.0 Å². The van der Waals surface area contributed by atoms with Crippen LogP contribution in [0, 0.1) is 0 Å². The molecule has 0 spiro atoms. The second-order valence-corrected chi connectivity index (χ2v) is 8.24. The first-order valence-corrected chi connectivity index (χ1v) is 10.4. The first-order chi connectivity index (χ1) is 13.2. The molecule has 27 heavy (non-hydrogen) atoms. The molecule has 1 fully saturated rings. The summed E-state index contributed by atoms with van der Waals surface area (Å²) in [6.45, 7) is 4.44. The van der Waals surface area contributed by atoms with Gasteiger partial charge >= 0.3 is 0 Å². The molecule has 144 valence electrons. The summed E-state index contributed by atoms with van der Waals surface area (Å²) in [5, 5.41) is 3.65. The van der Waals surface area contributed by atoms with Gasteiger partial charge in [0.25, 0.3) is 0 Å². The van der Waals surface area contributed by atoms with Gasteiger partial charge in [-0.05, 0) is 67.9 Å². The summed E-state index contributed by atoms with van der Waals surface area (Å²) in [5.74, 6) is 2.00. The number of benzene rings is 2. The minimum absolute atomic E-state index is 0.161. The molecular formula is C24H31NO2. The van der Waals surface area contributed by atoms with Gasteiger partial charge in [-0.15, -0.1) is 0 Å². The van der Waals surface area contributed by atoms with E-state index in [2.05, 4.69) is 67.7 Å². The summed E-state index contributed by atoms with van der Waals surface area (Å²) in [7, 11) is 0. The van der Waals surface area contributed by atoms with Crippen LogP contribution in [0.25, 0.3) is 0 Å². The van der Waals surface area contributed by atoms with Crippen molar-refractivity contribution in [3.63, 3.8) is 0 Å². The van der Waals surface area contributed by atoms with Crippen molar-refractivity contribution < 1.29 is 9.47 Å². The van der Waals surface area contributed by atoms with Crippen LogP contribution in [-0.4, -0.2) is 18.2 Å². The zero-order chi connectivity index (χ0) is 18.6. The average molecular weight is 366 g/mol. The summed E-state index contributed by atoms with van der Waals surface area (Å²) in [6, 6.07) is 18.1. The van der Waals surface area contributed by atoms with Crippen molar-refractivity contribution in [2.24, 2.45) is 0 Å². The molecule has 0 aromatic heterocycles. The lowest BCUT2D eigenvalue weighted by molar-refractivity contribution is 0.136. The van der Waals surface area contributed by atoms with E-state index in [0.717, 1.165) is 37.2 Å². The molecule has 2 aromatic rings. The Morgan fingerprint density at radius 3 is 2.48 bits per heavy atom. The van der Waals surface area contributed by atoms with Crippen molar-refractivity contribution in [2.75, 3.05) is 0 Å². The molecule has 0 bridgehead atoms. The summed E-state index contributed by atoms with van der Waals surface area (Å²) in [6.07, 6.45) is 7.24. The third-order valence-electron chi connectivity index (χ3n) is 5.69. The van der Waals surface area contributed by atoms with E-state index in [1.54, 1.807) is 0 Å². The molecule has 3 nitrogen and oxygen atoms in total. The van der Waals surface area contributed by atoms with Crippen molar-refractivity contribution in [2.45, 2.75) is 76.7 Å². The van der Waals surface area contributed by atoms with Crippen molar-refractivity contribution >= 4 is 0 Å². The molecule has 3 heteroatoms. The van der Waals surface area contributed by atoms with Crippen LogP contribution in [0.3, 0.4) is 0 Å². The first-order valence-electron chi connectivity index (χ1n) is 10.4. The van der Waals surface area contributed by atoms with Gasteiger partial charge in [-0.25, -0.2) is 0 Å². The van der Waals surface area contributed by atoms with Gasteiger partial charge in [-0.3, -0.25) is 0 Å². The van der Waals surface area contributed by atoms with Crippen molar-refractivity contribution in [1.29, 1.82) is 0 Å². The van der Waals surface area contributed by atoms with Gasteiger partial charge in [0.2, 0.25) is 0 Å². The Morgan fingerprint density at radius 2 is 1.74 bits per heavy atom. The van der Waals surface area contributed by atoms with Gasteiger partial charge in [0, 0.05) is 12.1 Å². The van der Waals surface area contributed by atoms with Crippen LogP contribution in [0.15, 0.2) is 48.5 Å². The lowest BCUT2D eigenvalue weighted by atomic mass is 9.92. The third kappa shape index (κ3) is 4.65. The Kier molecular flexibility index (Phi) is 5.68. The fourth-order valence-corrected chi connectivity index (χ4v) is 4.35. The molecule has 1 N–H and O–H groups in total. The molecule has 1 atom stereocenters. The standard InChI is InChI=1S/C24H31NO2/c1-17(2)25-20-9-11-21(12-10-20)26-22-13-15-24-19(16-22)8-14-23(27-24)18-6-4-3-5-7-18/h3-7,13,15-17,20-21,23,25H,8-12,14H2,1-2H3. The Labute approximate surface area is 163 Å². The first kappa shape index (κ1) is 18.4. The fraction of sp³-hybridized carbons (Fsp3) is 0.500. The van der Waals surface area contributed by atoms with Gasteiger partial charge in [0.1, 0.15) is 17.6 Å². The van der Waals surface area contributed by atoms with Crippen LogP contribution in [0.5, 0.6) is 11.5 Å². The third-order valence-corrected chi connectivity index (χ3v) is 5.69. The Morgan fingerprint density at radius 1 is 0.963 bits per heavy atom. The van der Waals surface area contributed by atoms with Crippen LogP contribution in [0.2, 0.25) is 0 Å². The molecule has 0 radical (unpaired) electrons. The summed E-state index contributed by atoms with van der Waals surface area (Å²) < 4.78 is 12.6.